The molecule has 7 nitrogen and oxygen atoms in total. The van der Waals surface area contributed by atoms with Crippen molar-refractivity contribution in [1.82, 2.24) is 4.90 Å². The predicted octanol–water partition coefficient (Wildman–Crippen LogP) is 3.64. The number of likely N-dealkylation sites (tertiary alicyclic amines) is 1. The fraction of sp³-hybridized carbons (Fsp3) is 0.423. The molecule has 3 unspecified atom stereocenters. The highest BCUT2D eigenvalue weighted by molar-refractivity contribution is 8.02. The Kier molecular flexibility index (Phi) is 6.55. The predicted molar refractivity (Wildman–Crippen MR) is 137 cm³/mol. The van der Waals surface area contributed by atoms with Gasteiger partial charge >= 0.3 is 0 Å². The highest BCUT2D eigenvalue weighted by Gasteiger charge is 2.75. The van der Waals surface area contributed by atoms with Crippen molar-refractivity contribution in [3.8, 4) is 0 Å². The second kappa shape index (κ2) is 9.48. The Bertz CT molecular complexity index is 1150. The number of hydrogen-bond acceptors (Lipinski definition) is 5. The van der Waals surface area contributed by atoms with E-state index >= 15 is 0 Å². The maximum atomic E-state index is 13.9. The van der Waals surface area contributed by atoms with E-state index in [1.165, 1.54) is 0 Å². The van der Waals surface area contributed by atoms with Gasteiger partial charge in [-0.3, -0.25) is 14.4 Å². The van der Waals surface area contributed by atoms with E-state index in [-0.39, 0.29) is 42.0 Å². The molecule has 184 valence electrons. The van der Waals surface area contributed by atoms with Gasteiger partial charge in [0.25, 0.3) is 0 Å². The van der Waals surface area contributed by atoms with Crippen molar-refractivity contribution < 1.29 is 19.5 Å². The number of halogens is 1. The fourth-order valence-corrected chi connectivity index (χ4v) is 8.72. The molecule has 1 spiro atoms. The molecule has 3 N–H and O–H groups in total. The number of amides is 3. The monoisotopic (exact) mass is 513 g/mol. The van der Waals surface area contributed by atoms with E-state index < -0.39 is 22.6 Å². The molecule has 3 fully saturated rings. The zero-order chi connectivity index (χ0) is 24.7. The smallest absolute Gasteiger partial charge is 0.248 e. The fourth-order valence-electron chi connectivity index (χ4n) is 6.11. The Morgan fingerprint density at radius 2 is 1.83 bits per heavy atom. The molecule has 3 aliphatic heterocycles. The minimum Gasteiger partial charge on any atom is -0.396 e. The quantitative estimate of drug-likeness (QED) is 0.525. The number of nitrogens with zero attached hydrogens (tertiary/aromatic N) is 1. The Morgan fingerprint density at radius 3 is 2.54 bits per heavy atom. The van der Waals surface area contributed by atoms with Crippen molar-refractivity contribution in [3.63, 3.8) is 0 Å². The third kappa shape index (κ3) is 3.92. The third-order valence-corrected chi connectivity index (χ3v) is 9.93. The molecule has 3 heterocycles. The molecule has 2 aromatic rings. The van der Waals surface area contributed by atoms with Gasteiger partial charge in [0.15, 0.2) is 0 Å². The Balaban J connectivity index is 1.50. The second-order valence-electron chi connectivity index (χ2n) is 9.49. The molecule has 3 aliphatic rings. The van der Waals surface area contributed by atoms with Crippen LogP contribution in [0.5, 0.6) is 0 Å². The number of anilines is 2. The minimum absolute atomic E-state index is 0.0433. The first-order valence-corrected chi connectivity index (χ1v) is 13.1. The summed E-state index contributed by atoms with van der Waals surface area (Å²) in [6.07, 6.45) is 1.11. The van der Waals surface area contributed by atoms with Gasteiger partial charge in [-0.05, 0) is 43.0 Å². The van der Waals surface area contributed by atoms with Gasteiger partial charge < -0.3 is 20.6 Å². The normalized spacial score (nSPS) is 30.9. The lowest BCUT2D eigenvalue weighted by Crippen LogP contribution is -2.54. The van der Waals surface area contributed by atoms with Crippen LogP contribution < -0.4 is 10.6 Å². The van der Waals surface area contributed by atoms with Crippen LogP contribution in [0.15, 0.2) is 54.6 Å². The third-order valence-electron chi connectivity index (χ3n) is 7.53. The maximum Gasteiger partial charge on any atom is 0.248 e. The number of carbonyl (C=O) groups is 3. The van der Waals surface area contributed by atoms with Crippen molar-refractivity contribution in [2.24, 2.45) is 17.8 Å². The Hall–Kier alpha value is -2.55. The molecule has 0 radical (unpaired) electrons. The number of rotatable bonds is 7. The summed E-state index contributed by atoms with van der Waals surface area (Å²) in [5.41, 5.74) is 1.17. The summed E-state index contributed by atoms with van der Waals surface area (Å²) in [7, 11) is 0. The summed E-state index contributed by atoms with van der Waals surface area (Å²) in [5, 5.41) is 15.8. The van der Waals surface area contributed by atoms with Crippen molar-refractivity contribution >= 4 is 52.5 Å². The number of carbonyl (C=O) groups excluding carboxylic acids is 3. The van der Waals surface area contributed by atoms with E-state index in [4.69, 9.17) is 11.6 Å². The SMILES string of the molecule is CC1C[C@@H]2SC13C(C(=O)Nc1ccccc1Cl)N(CCCO)C(=O)[C@@H]3[C@@H]2C(=O)Nc1ccccc1. The molecule has 3 amide bonds. The number of para-hydroxylation sites is 2. The first-order valence-electron chi connectivity index (χ1n) is 11.9. The molecule has 2 aromatic carbocycles. The number of nitrogens with one attached hydrogen (secondary N) is 2. The molecule has 9 heteroatoms. The second-order valence-corrected chi connectivity index (χ2v) is 11.4. The minimum atomic E-state index is -0.762. The average Bonchev–Trinajstić information content (AvgIpc) is 3.43. The van der Waals surface area contributed by atoms with Gasteiger partial charge in [-0.2, -0.15) is 0 Å². The van der Waals surface area contributed by atoms with Crippen LogP contribution in [0.2, 0.25) is 5.02 Å². The standard InChI is InChI=1S/C26H28ClN3O4S/c1-15-14-19-20(23(32)28-16-8-3-2-4-9-16)21-25(34)30(12-7-13-31)22(26(15,21)35-19)24(33)29-18-11-6-5-10-17(18)27/h2-6,8-11,15,19-22,31H,7,12-14H2,1H3,(H,28,32)(H,29,33)/t15?,19-,20+,21-,22?,26?/m0/s1. The van der Waals surface area contributed by atoms with Gasteiger partial charge in [0.1, 0.15) is 6.04 Å². The van der Waals surface area contributed by atoms with Crippen molar-refractivity contribution in [1.29, 1.82) is 0 Å². The zero-order valence-corrected chi connectivity index (χ0v) is 20.9. The molecule has 0 aliphatic carbocycles. The zero-order valence-electron chi connectivity index (χ0n) is 19.3. The number of aliphatic hydroxyl groups is 1. The summed E-state index contributed by atoms with van der Waals surface area (Å²) < 4.78 is -0.721. The summed E-state index contributed by atoms with van der Waals surface area (Å²) >= 11 is 7.91. The van der Waals surface area contributed by atoms with Crippen LogP contribution in [0.1, 0.15) is 19.8 Å². The summed E-state index contributed by atoms with van der Waals surface area (Å²) in [5.74, 6) is -1.75. The van der Waals surface area contributed by atoms with Crippen LogP contribution in [0, 0.1) is 17.8 Å². The van der Waals surface area contributed by atoms with Gasteiger partial charge in [-0.1, -0.05) is 48.9 Å². The molecule has 35 heavy (non-hydrogen) atoms. The largest absolute Gasteiger partial charge is 0.396 e. The Labute approximate surface area is 213 Å². The summed E-state index contributed by atoms with van der Waals surface area (Å²) in [6, 6.07) is 15.4. The molecular weight excluding hydrogens is 486 g/mol. The molecule has 6 atom stereocenters. The lowest BCUT2D eigenvalue weighted by molar-refractivity contribution is -0.138. The first kappa shape index (κ1) is 24.2. The van der Waals surface area contributed by atoms with Gasteiger partial charge in [-0.25, -0.2) is 0 Å². The molecule has 0 aromatic heterocycles. The van der Waals surface area contributed by atoms with E-state index in [0.717, 1.165) is 6.42 Å². The first-order chi connectivity index (χ1) is 16.9. The van der Waals surface area contributed by atoms with Crippen LogP contribution in [0.3, 0.4) is 0 Å². The van der Waals surface area contributed by atoms with Crippen LogP contribution in [-0.2, 0) is 14.4 Å². The maximum absolute atomic E-state index is 13.9. The van der Waals surface area contributed by atoms with Gasteiger partial charge in [0, 0.05) is 24.1 Å². The molecule has 2 bridgehead atoms. The number of thioether (sulfide) groups is 1. The van der Waals surface area contributed by atoms with Crippen LogP contribution in [-0.4, -0.2) is 56.9 Å². The number of aliphatic hydroxyl groups excluding tert-OH is 1. The van der Waals surface area contributed by atoms with Crippen LogP contribution in [0.25, 0.3) is 0 Å². The van der Waals surface area contributed by atoms with E-state index in [2.05, 4.69) is 17.6 Å². The van der Waals surface area contributed by atoms with Gasteiger partial charge in [0.2, 0.25) is 17.7 Å². The lowest BCUT2D eigenvalue weighted by atomic mass is 9.66. The van der Waals surface area contributed by atoms with Crippen molar-refractivity contribution in [3.05, 3.63) is 59.6 Å². The molecular formula is C26H28ClN3O4S. The van der Waals surface area contributed by atoms with E-state index in [0.29, 0.717) is 22.8 Å². The lowest BCUT2D eigenvalue weighted by Gasteiger charge is -2.38. The summed E-state index contributed by atoms with van der Waals surface area (Å²) in [6.45, 7) is 2.23. The average molecular weight is 514 g/mol. The van der Waals surface area contributed by atoms with E-state index in [9.17, 15) is 19.5 Å². The van der Waals surface area contributed by atoms with E-state index in [1.807, 2.05) is 30.3 Å². The van der Waals surface area contributed by atoms with Crippen LogP contribution in [0.4, 0.5) is 11.4 Å². The number of fused-ring (bicyclic) bond motifs is 1. The number of benzene rings is 2. The topological polar surface area (TPSA) is 98.7 Å². The van der Waals surface area contributed by atoms with Crippen molar-refractivity contribution in [2.45, 2.75) is 35.8 Å². The molecule has 3 saturated heterocycles. The molecule has 5 rings (SSSR count). The highest BCUT2D eigenvalue weighted by atomic mass is 35.5. The number of hydrogen-bond donors (Lipinski definition) is 3. The van der Waals surface area contributed by atoms with Gasteiger partial charge in [0.05, 0.1) is 27.3 Å². The Morgan fingerprint density at radius 1 is 1.11 bits per heavy atom. The van der Waals surface area contributed by atoms with Crippen LogP contribution >= 0.6 is 23.4 Å². The van der Waals surface area contributed by atoms with Crippen molar-refractivity contribution in [2.75, 3.05) is 23.8 Å². The van der Waals surface area contributed by atoms with Gasteiger partial charge in [-0.15, -0.1) is 11.8 Å². The summed E-state index contributed by atoms with van der Waals surface area (Å²) in [4.78, 5) is 42.7. The highest BCUT2D eigenvalue weighted by Crippen LogP contribution is 2.68. The van der Waals surface area contributed by atoms with E-state index in [1.54, 1.807) is 40.9 Å². The molecule has 0 saturated carbocycles.